The molecule has 0 radical (unpaired) electrons. The number of nitrogens with one attached hydrogen (secondary N) is 1. The summed E-state index contributed by atoms with van der Waals surface area (Å²) < 4.78 is 0. The predicted molar refractivity (Wildman–Crippen MR) is 77.5 cm³/mol. The first-order valence-electron chi connectivity index (χ1n) is 7.03. The van der Waals surface area contributed by atoms with Crippen LogP contribution < -0.4 is 5.32 Å². The van der Waals surface area contributed by atoms with Crippen molar-refractivity contribution < 1.29 is 0 Å². The van der Waals surface area contributed by atoms with Crippen molar-refractivity contribution in [3.05, 3.63) is 30.1 Å². The normalized spacial score (nSPS) is 13.2. The molecule has 0 spiro atoms. The first-order chi connectivity index (χ1) is 8.67. The average Bonchev–Trinajstić information content (AvgIpc) is 2.38. The molecule has 0 aliphatic rings. The van der Waals surface area contributed by atoms with Crippen molar-refractivity contribution in [2.24, 2.45) is 0 Å². The Morgan fingerprint density at radius 1 is 1.22 bits per heavy atom. The van der Waals surface area contributed by atoms with Crippen LogP contribution in [0.15, 0.2) is 24.5 Å². The maximum atomic E-state index is 4.07. The highest BCUT2D eigenvalue weighted by Crippen LogP contribution is 2.09. The third-order valence-electron chi connectivity index (χ3n) is 3.29. The first-order valence-corrected chi connectivity index (χ1v) is 7.03. The van der Waals surface area contributed by atoms with Crippen LogP contribution in [0.4, 0.5) is 0 Å². The SMILES string of the molecule is CCC(CNC(C)C)N(CC)Cc1ccncc1. The summed E-state index contributed by atoms with van der Waals surface area (Å²) in [4.78, 5) is 6.60. The molecule has 0 saturated carbocycles. The van der Waals surface area contributed by atoms with Gasteiger partial charge in [-0.25, -0.2) is 0 Å². The zero-order valence-corrected chi connectivity index (χ0v) is 12.2. The molecule has 0 fully saturated rings. The van der Waals surface area contributed by atoms with E-state index in [4.69, 9.17) is 0 Å². The summed E-state index contributed by atoms with van der Waals surface area (Å²) in [6, 6.07) is 5.36. The second kappa shape index (κ2) is 8.22. The molecular weight excluding hydrogens is 222 g/mol. The molecule has 1 aromatic rings. The summed E-state index contributed by atoms with van der Waals surface area (Å²) in [5, 5.41) is 3.54. The van der Waals surface area contributed by atoms with Crippen LogP contribution in [0.25, 0.3) is 0 Å². The van der Waals surface area contributed by atoms with E-state index in [9.17, 15) is 0 Å². The summed E-state index contributed by atoms with van der Waals surface area (Å²) in [5.74, 6) is 0. The van der Waals surface area contributed by atoms with Gasteiger partial charge in [0.1, 0.15) is 0 Å². The van der Waals surface area contributed by atoms with Crippen molar-refractivity contribution in [3.63, 3.8) is 0 Å². The van der Waals surface area contributed by atoms with E-state index in [1.807, 2.05) is 12.4 Å². The van der Waals surface area contributed by atoms with Crippen LogP contribution >= 0.6 is 0 Å². The van der Waals surface area contributed by atoms with E-state index >= 15 is 0 Å². The zero-order valence-electron chi connectivity index (χ0n) is 12.2. The van der Waals surface area contributed by atoms with Gasteiger partial charge < -0.3 is 5.32 Å². The lowest BCUT2D eigenvalue weighted by molar-refractivity contribution is 0.185. The molecule has 1 heterocycles. The number of likely N-dealkylation sites (N-methyl/N-ethyl adjacent to an activating group) is 1. The fraction of sp³-hybridized carbons (Fsp3) is 0.667. The molecule has 1 unspecified atom stereocenters. The van der Waals surface area contributed by atoms with Crippen LogP contribution in [0.3, 0.4) is 0 Å². The third kappa shape index (κ3) is 5.15. The topological polar surface area (TPSA) is 28.2 Å². The van der Waals surface area contributed by atoms with Gasteiger partial charge in [0.2, 0.25) is 0 Å². The van der Waals surface area contributed by atoms with Gasteiger partial charge in [0.15, 0.2) is 0 Å². The molecule has 18 heavy (non-hydrogen) atoms. The lowest BCUT2D eigenvalue weighted by atomic mass is 10.1. The van der Waals surface area contributed by atoms with Crippen molar-refractivity contribution in [2.45, 2.75) is 52.7 Å². The van der Waals surface area contributed by atoms with Crippen molar-refractivity contribution in [2.75, 3.05) is 13.1 Å². The van der Waals surface area contributed by atoms with Crippen molar-refractivity contribution in [1.82, 2.24) is 15.2 Å². The van der Waals surface area contributed by atoms with Gasteiger partial charge in [-0.2, -0.15) is 0 Å². The van der Waals surface area contributed by atoms with Gasteiger partial charge >= 0.3 is 0 Å². The van der Waals surface area contributed by atoms with E-state index in [1.165, 1.54) is 12.0 Å². The van der Waals surface area contributed by atoms with Crippen LogP contribution in [0.2, 0.25) is 0 Å². The zero-order chi connectivity index (χ0) is 13.4. The summed E-state index contributed by atoms with van der Waals surface area (Å²) >= 11 is 0. The molecule has 102 valence electrons. The Balaban J connectivity index is 2.57. The van der Waals surface area contributed by atoms with Gasteiger partial charge in [-0.05, 0) is 30.7 Å². The summed E-state index contributed by atoms with van der Waals surface area (Å²) in [7, 11) is 0. The highest BCUT2D eigenvalue weighted by Gasteiger charge is 2.15. The average molecular weight is 249 g/mol. The molecule has 1 aromatic heterocycles. The Bertz CT molecular complexity index is 311. The second-order valence-corrected chi connectivity index (χ2v) is 5.04. The number of nitrogens with zero attached hydrogens (tertiary/aromatic N) is 2. The number of hydrogen-bond acceptors (Lipinski definition) is 3. The highest BCUT2D eigenvalue weighted by molar-refractivity contribution is 5.09. The lowest BCUT2D eigenvalue weighted by Crippen LogP contribution is -2.43. The molecule has 0 saturated heterocycles. The molecule has 0 amide bonds. The van der Waals surface area contributed by atoms with E-state index in [0.717, 1.165) is 19.6 Å². The molecule has 3 nitrogen and oxygen atoms in total. The molecule has 3 heteroatoms. The van der Waals surface area contributed by atoms with Crippen molar-refractivity contribution >= 4 is 0 Å². The molecule has 0 aliphatic heterocycles. The quantitative estimate of drug-likeness (QED) is 0.768. The Hall–Kier alpha value is -0.930. The molecular formula is C15H27N3. The smallest absolute Gasteiger partial charge is 0.0271 e. The van der Waals surface area contributed by atoms with Gasteiger partial charge in [0, 0.05) is 37.6 Å². The Morgan fingerprint density at radius 2 is 1.89 bits per heavy atom. The Kier molecular flexibility index (Phi) is 6.91. The maximum absolute atomic E-state index is 4.07. The molecule has 1 N–H and O–H groups in total. The van der Waals surface area contributed by atoms with Gasteiger partial charge in [0.05, 0.1) is 0 Å². The van der Waals surface area contributed by atoms with Gasteiger partial charge in [-0.1, -0.05) is 27.7 Å². The van der Waals surface area contributed by atoms with Crippen molar-refractivity contribution in [3.8, 4) is 0 Å². The minimum Gasteiger partial charge on any atom is -0.313 e. The van der Waals surface area contributed by atoms with E-state index < -0.39 is 0 Å². The highest BCUT2D eigenvalue weighted by atomic mass is 15.2. The third-order valence-corrected chi connectivity index (χ3v) is 3.29. The lowest BCUT2D eigenvalue weighted by Gasteiger charge is -2.31. The number of hydrogen-bond donors (Lipinski definition) is 1. The Labute approximate surface area is 112 Å². The van der Waals surface area contributed by atoms with Crippen molar-refractivity contribution in [1.29, 1.82) is 0 Å². The van der Waals surface area contributed by atoms with Crippen LogP contribution in [0.1, 0.15) is 39.7 Å². The molecule has 0 bridgehead atoms. The van der Waals surface area contributed by atoms with E-state index in [0.29, 0.717) is 12.1 Å². The van der Waals surface area contributed by atoms with Crippen LogP contribution in [0.5, 0.6) is 0 Å². The van der Waals surface area contributed by atoms with Gasteiger partial charge in [0.25, 0.3) is 0 Å². The molecule has 0 aliphatic carbocycles. The standard InChI is InChI=1S/C15H27N3/c1-5-15(11-17-13(3)4)18(6-2)12-14-7-9-16-10-8-14/h7-10,13,15,17H,5-6,11-12H2,1-4H3. The molecule has 0 aromatic carbocycles. The summed E-state index contributed by atoms with van der Waals surface area (Å²) in [6.45, 7) is 12.1. The second-order valence-electron chi connectivity index (χ2n) is 5.04. The molecule has 1 atom stereocenters. The van der Waals surface area contributed by atoms with Crippen LogP contribution in [-0.4, -0.2) is 35.1 Å². The first kappa shape index (κ1) is 15.1. The van der Waals surface area contributed by atoms with E-state index in [2.05, 4.69) is 55.0 Å². The van der Waals surface area contributed by atoms with E-state index in [-0.39, 0.29) is 0 Å². The van der Waals surface area contributed by atoms with Gasteiger partial charge in [-0.15, -0.1) is 0 Å². The minimum atomic E-state index is 0.554. The summed E-state index contributed by atoms with van der Waals surface area (Å²) in [6.07, 6.45) is 4.92. The maximum Gasteiger partial charge on any atom is 0.0271 e. The van der Waals surface area contributed by atoms with E-state index in [1.54, 1.807) is 0 Å². The largest absolute Gasteiger partial charge is 0.313 e. The fourth-order valence-electron chi connectivity index (χ4n) is 2.13. The summed E-state index contributed by atoms with van der Waals surface area (Å²) in [5.41, 5.74) is 1.34. The number of pyridine rings is 1. The molecule has 1 rings (SSSR count). The van der Waals surface area contributed by atoms with Gasteiger partial charge in [-0.3, -0.25) is 9.88 Å². The predicted octanol–water partition coefficient (Wildman–Crippen LogP) is 2.68. The number of rotatable bonds is 8. The number of aromatic nitrogens is 1. The van der Waals surface area contributed by atoms with Crippen LogP contribution in [-0.2, 0) is 6.54 Å². The Morgan fingerprint density at radius 3 is 2.39 bits per heavy atom. The van der Waals surface area contributed by atoms with Crippen LogP contribution in [0, 0.1) is 0 Å². The fourth-order valence-corrected chi connectivity index (χ4v) is 2.13. The monoisotopic (exact) mass is 249 g/mol. The minimum absolute atomic E-state index is 0.554.